The van der Waals surface area contributed by atoms with E-state index in [1.54, 1.807) is 12.1 Å². The van der Waals surface area contributed by atoms with Crippen LogP contribution in [0.4, 0.5) is 5.69 Å². The second kappa shape index (κ2) is 7.77. The third kappa shape index (κ3) is 5.04. The molecule has 1 unspecified atom stereocenters. The number of nitrogens with two attached hydrogens (primary N) is 1. The molecule has 0 bridgehead atoms. The molecule has 0 saturated carbocycles. The smallest absolute Gasteiger partial charge is 0.241 e. The topological polar surface area (TPSA) is 101 Å². The van der Waals surface area contributed by atoms with Gasteiger partial charge >= 0.3 is 0 Å². The van der Waals surface area contributed by atoms with E-state index in [1.807, 2.05) is 32.9 Å². The number of imide groups is 1. The van der Waals surface area contributed by atoms with Crippen LogP contribution in [0.25, 0.3) is 0 Å². The van der Waals surface area contributed by atoms with E-state index >= 15 is 0 Å². The molecule has 4 N–H and O–H groups in total. The lowest BCUT2D eigenvalue weighted by atomic mass is 9.87. The maximum absolute atomic E-state index is 12.1. The van der Waals surface area contributed by atoms with Gasteiger partial charge in [0.05, 0.1) is 12.0 Å². The molecule has 24 heavy (non-hydrogen) atoms. The first-order valence-corrected chi connectivity index (χ1v) is 7.66. The summed E-state index contributed by atoms with van der Waals surface area (Å²) in [6, 6.07) is 6.63. The fourth-order valence-electron chi connectivity index (χ4n) is 2.39. The highest BCUT2D eigenvalue weighted by Crippen LogP contribution is 2.21. The lowest BCUT2D eigenvalue weighted by molar-refractivity contribution is -0.126. The minimum absolute atomic E-state index is 0. The maximum Gasteiger partial charge on any atom is 0.241 e. The minimum Gasteiger partial charge on any atom is -0.325 e. The molecular weight excluding hydrogens is 330 g/mol. The van der Waals surface area contributed by atoms with Gasteiger partial charge in [0.2, 0.25) is 17.7 Å². The van der Waals surface area contributed by atoms with Crippen molar-refractivity contribution in [2.24, 2.45) is 17.1 Å². The van der Waals surface area contributed by atoms with Crippen molar-refractivity contribution in [2.75, 3.05) is 5.32 Å². The molecule has 2 rings (SSSR count). The standard InChI is InChI=1S/C17H23N3O3.ClH/c1-17(2,3)14(18)16(23)19-12-6-4-10(5-7-12)8-11-9-13(21)20-15(11)22;/h4-7,11,14H,8-9,18H2,1-3H3,(H,19,23)(H,20,21,22);1H/t11?,14-;/m1./s1. The number of carbonyl (C=O) groups is 3. The first-order chi connectivity index (χ1) is 10.7. The molecule has 1 aromatic rings. The van der Waals surface area contributed by atoms with Crippen molar-refractivity contribution in [2.45, 2.75) is 39.7 Å². The van der Waals surface area contributed by atoms with Gasteiger partial charge in [-0.1, -0.05) is 32.9 Å². The van der Waals surface area contributed by atoms with E-state index in [0.29, 0.717) is 12.1 Å². The first-order valence-electron chi connectivity index (χ1n) is 7.66. The third-order valence-corrected chi connectivity index (χ3v) is 3.98. The van der Waals surface area contributed by atoms with Gasteiger partial charge in [0, 0.05) is 12.1 Å². The Balaban J connectivity index is 0.00000288. The number of amides is 3. The number of nitrogens with one attached hydrogen (secondary N) is 2. The van der Waals surface area contributed by atoms with E-state index in [0.717, 1.165) is 5.56 Å². The van der Waals surface area contributed by atoms with Crippen LogP contribution in [0.1, 0.15) is 32.8 Å². The van der Waals surface area contributed by atoms with Crippen molar-refractivity contribution in [3.63, 3.8) is 0 Å². The summed E-state index contributed by atoms with van der Waals surface area (Å²) in [4.78, 5) is 34.8. The highest BCUT2D eigenvalue weighted by molar-refractivity contribution is 6.03. The van der Waals surface area contributed by atoms with Crippen LogP contribution in [0.15, 0.2) is 24.3 Å². The van der Waals surface area contributed by atoms with E-state index in [4.69, 9.17) is 5.73 Å². The fraction of sp³-hybridized carbons (Fsp3) is 0.471. The van der Waals surface area contributed by atoms with Gasteiger partial charge in [-0.25, -0.2) is 0 Å². The van der Waals surface area contributed by atoms with Crippen molar-refractivity contribution in [1.82, 2.24) is 5.32 Å². The van der Waals surface area contributed by atoms with Crippen LogP contribution in [0.3, 0.4) is 0 Å². The van der Waals surface area contributed by atoms with Gasteiger partial charge < -0.3 is 11.1 Å². The monoisotopic (exact) mass is 353 g/mol. The summed E-state index contributed by atoms with van der Waals surface area (Å²) in [6.45, 7) is 5.73. The predicted octanol–water partition coefficient (Wildman–Crippen LogP) is 1.63. The predicted molar refractivity (Wildman–Crippen MR) is 94.7 cm³/mol. The number of benzene rings is 1. The molecule has 1 heterocycles. The molecule has 2 atom stereocenters. The second-order valence-corrected chi connectivity index (χ2v) is 7.05. The first kappa shape index (κ1) is 20.1. The van der Waals surface area contributed by atoms with E-state index in [1.165, 1.54) is 0 Å². The summed E-state index contributed by atoms with van der Waals surface area (Å²) in [6.07, 6.45) is 0.741. The zero-order chi connectivity index (χ0) is 17.2. The fourth-order valence-corrected chi connectivity index (χ4v) is 2.39. The number of hydrogen-bond acceptors (Lipinski definition) is 4. The molecule has 6 nitrogen and oxygen atoms in total. The number of hydrogen-bond donors (Lipinski definition) is 3. The SMILES string of the molecule is CC(C)(C)[C@H](N)C(=O)Nc1ccc(CC2CC(=O)NC2=O)cc1.Cl. The van der Waals surface area contributed by atoms with E-state index in [2.05, 4.69) is 10.6 Å². The zero-order valence-electron chi connectivity index (χ0n) is 14.1. The Morgan fingerprint density at radius 2 is 1.88 bits per heavy atom. The van der Waals surface area contributed by atoms with Gasteiger partial charge in [0.15, 0.2) is 0 Å². The van der Waals surface area contributed by atoms with E-state index < -0.39 is 6.04 Å². The molecule has 7 heteroatoms. The summed E-state index contributed by atoms with van der Waals surface area (Å²) in [5.41, 5.74) is 7.21. The highest BCUT2D eigenvalue weighted by atomic mass is 35.5. The van der Waals surface area contributed by atoms with Crippen LogP contribution < -0.4 is 16.4 Å². The molecule has 1 fully saturated rings. The van der Waals surface area contributed by atoms with Crippen molar-refractivity contribution in [3.05, 3.63) is 29.8 Å². The normalized spacial score (nSPS) is 18.6. The average Bonchev–Trinajstić information content (AvgIpc) is 2.77. The summed E-state index contributed by atoms with van der Waals surface area (Å²) in [5.74, 6) is -0.980. The molecule has 0 aromatic heterocycles. The Hall–Kier alpha value is -1.92. The van der Waals surface area contributed by atoms with Crippen molar-refractivity contribution < 1.29 is 14.4 Å². The summed E-state index contributed by atoms with van der Waals surface area (Å²) in [5, 5.41) is 5.09. The van der Waals surface area contributed by atoms with Gasteiger partial charge in [-0.2, -0.15) is 0 Å². The quantitative estimate of drug-likeness (QED) is 0.716. The van der Waals surface area contributed by atoms with Gasteiger partial charge in [-0.3, -0.25) is 19.7 Å². The summed E-state index contributed by atoms with van der Waals surface area (Å²) < 4.78 is 0. The van der Waals surface area contributed by atoms with Gasteiger partial charge in [0.1, 0.15) is 0 Å². The number of rotatable bonds is 4. The zero-order valence-corrected chi connectivity index (χ0v) is 14.9. The third-order valence-electron chi connectivity index (χ3n) is 3.98. The number of halogens is 1. The molecule has 132 valence electrons. The summed E-state index contributed by atoms with van der Waals surface area (Å²) >= 11 is 0. The van der Waals surface area contributed by atoms with Crippen LogP contribution in [-0.2, 0) is 20.8 Å². The van der Waals surface area contributed by atoms with Crippen molar-refractivity contribution in [3.8, 4) is 0 Å². The Bertz CT molecular complexity index is 623. The lowest BCUT2D eigenvalue weighted by Gasteiger charge is -2.25. The van der Waals surface area contributed by atoms with Crippen molar-refractivity contribution >= 4 is 35.8 Å². The Morgan fingerprint density at radius 1 is 1.29 bits per heavy atom. The number of anilines is 1. The van der Waals surface area contributed by atoms with E-state index in [-0.39, 0.29) is 47.9 Å². The second-order valence-electron chi connectivity index (χ2n) is 7.05. The number of carbonyl (C=O) groups excluding carboxylic acids is 3. The Labute approximate surface area is 148 Å². The maximum atomic E-state index is 12.1. The average molecular weight is 354 g/mol. The molecule has 1 saturated heterocycles. The molecule has 1 aliphatic heterocycles. The van der Waals surface area contributed by atoms with Crippen LogP contribution in [0.2, 0.25) is 0 Å². The lowest BCUT2D eigenvalue weighted by Crippen LogP contribution is -2.45. The van der Waals surface area contributed by atoms with Gasteiger partial charge in [-0.05, 0) is 29.5 Å². The molecule has 3 amide bonds. The van der Waals surface area contributed by atoms with Crippen LogP contribution in [0.5, 0.6) is 0 Å². The molecule has 1 aromatic carbocycles. The molecule has 0 spiro atoms. The minimum atomic E-state index is -0.602. The van der Waals surface area contributed by atoms with Crippen LogP contribution in [0, 0.1) is 11.3 Å². The molecule has 0 aliphatic carbocycles. The summed E-state index contributed by atoms with van der Waals surface area (Å²) in [7, 11) is 0. The van der Waals surface area contributed by atoms with E-state index in [9.17, 15) is 14.4 Å². The molecular formula is C17H24ClN3O3. The van der Waals surface area contributed by atoms with Crippen LogP contribution >= 0.6 is 12.4 Å². The largest absolute Gasteiger partial charge is 0.325 e. The van der Waals surface area contributed by atoms with Gasteiger partial charge in [-0.15, -0.1) is 12.4 Å². The van der Waals surface area contributed by atoms with Gasteiger partial charge in [0.25, 0.3) is 0 Å². The van der Waals surface area contributed by atoms with Crippen LogP contribution in [-0.4, -0.2) is 23.8 Å². The Morgan fingerprint density at radius 3 is 2.33 bits per heavy atom. The highest BCUT2D eigenvalue weighted by Gasteiger charge is 2.30. The Kier molecular flexibility index (Phi) is 6.51. The molecule has 0 radical (unpaired) electrons. The van der Waals surface area contributed by atoms with Crippen molar-refractivity contribution in [1.29, 1.82) is 0 Å². The molecule has 1 aliphatic rings.